The number of aromatic nitrogens is 2. The standard InChI is InChI=1S/C44H26N4/c45-27-30-13-10-21-38(43(30)48-42-25-8-5-20-37(42)39-22-11-14-31(28-46)44(39)48)34-17-2-1-16-33(34)29-12-9-15-32(26-29)47-40-23-6-3-18-35(40)36-19-4-7-24-41(36)47/h1-26H. The molecule has 48 heavy (non-hydrogen) atoms. The first-order valence-corrected chi connectivity index (χ1v) is 15.9. The van der Waals surface area contributed by atoms with Gasteiger partial charge in [-0.1, -0.05) is 115 Å². The summed E-state index contributed by atoms with van der Waals surface area (Å²) in [5.74, 6) is 0. The summed E-state index contributed by atoms with van der Waals surface area (Å²) >= 11 is 0. The molecule has 0 aliphatic carbocycles. The third-order valence-corrected chi connectivity index (χ3v) is 9.41. The first-order chi connectivity index (χ1) is 23.8. The van der Waals surface area contributed by atoms with Gasteiger partial charge in [-0.25, -0.2) is 0 Å². The fraction of sp³-hybridized carbons (Fsp3) is 0. The average molecular weight is 611 g/mol. The van der Waals surface area contributed by atoms with Crippen LogP contribution in [-0.4, -0.2) is 9.13 Å². The first-order valence-electron chi connectivity index (χ1n) is 15.9. The summed E-state index contributed by atoms with van der Waals surface area (Å²) in [6.45, 7) is 0. The molecule has 0 saturated heterocycles. The van der Waals surface area contributed by atoms with Gasteiger partial charge < -0.3 is 9.13 Å². The molecule has 0 unspecified atom stereocenters. The Morgan fingerprint density at radius 2 is 0.896 bits per heavy atom. The summed E-state index contributed by atoms with van der Waals surface area (Å²) < 4.78 is 4.45. The maximum atomic E-state index is 10.5. The van der Waals surface area contributed by atoms with Crippen LogP contribution in [0.1, 0.15) is 11.1 Å². The number of benzene rings is 7. The fourth-order valence-electron chi connectivity index (χ4n) is 7.42. The molecule has 2 aromatic heterocycles. The molecule has 0 bridgehead atoms. The molecule has 222 valence electrons. The van der Waals surface area contributed by atoms with E-state index in [1.807, 2.05) is 42.5 Å². The van der Waals surface area contributed by atoms with Crippen LogP contribution in [0.3, 0.4) is 0 Å². The van der Waals surface area contributed by atoms with Crippen molar-refractivity contribution in [2.24, 2.45) is 0 Å². The number of nitrogens with zero attached hydrogens (tertiary/aromatic N) is 4. The SMILES string of the molecule is N#Cc1cccc(-c2ccccc2-c2cccc(-n3c4ccccc4c4ccccc43)c2)c1-n1c2ccccc2c2cccc(C#N)c21. The van der Waals surface area contributed by atoms with Gasteiger partial charge in [-0.05, 0) is 59.2 Å². The zero-order chi connectivity index (χ0) is 32.2. The number of nitriles is 2. The van der Waals surface area contributed by atoms with Crippen LogP contribution in [0, 0.1) is 22.7 Å². The van der Waals surface area contributed by atoms with Crippen molar-refractivity contribution in [3.05, 3.63) is 169 Å². The molecule has 0 radical (unpaired) electrons. The Morgan fingerprint density at radius 3 is 1.58 bits per heavy atom. The minimum absolute atomic E-state index is 0.539. The Kier molecular flexibility index (Phi) is 6.22. The van der Waals surface area contributed by atoms with Crippen LogP contribution in [0.25, 0.3) is 77.2 Å². The van der Waals surface area contributed by atoms with E-state index in [0.29, 0.717) is 11.1 Å². The number of para-hydroxylation sites is 5. The molecular weight excluding hydrogens is 585 g/mol. The molecule has 0 spiro atoms. The zero-order valence-electron chi connectivity index (χ0n) is 25.8. The van der Waals surface area contributed by atoms with E-state index >= 15 is 0 Å². The lowest BCUT2D eigenvalue weighted by Crippen LogP contribution is -2.02. The highest BCUT2D eigenvalue weighted by Gasteiger charge is 2.22. The largest absolute Gasteiger partial charge is 0.309 e. The van der Waals surface area contributed by atoms with Crippen LogP contribution in [0.2, 0.25) is 0 Å². The third kappa shape index (κ3) is 4.01. The van der Waals surface area contributed by atoms with Crippen molar-refractivity contribution >= 4 is 43.6 Å². The van der Waals surface area contributed by atoms with Gasteiger partial charge in [0, 0.05) is 32.8 Å². The summed E-state index contributed by atoms with van der Waals surface area (Å²) in [6.07, 6.45) is 0. The van der Waals surface area contributed by atoms with Crippen LogP contribution in [0.5, 0.6) is 0 Å². The molecule has 9 aromatic rings. The van der Waals surface area contributed by atoms with Gasteiger partial charge in [-0.3, -0.25) is 0 Å². The second-order valence-electron chi connectivity index (χ2n) is 11.9. The first kappa shape index (κ1) is 27.4. The van der Waals surface area contributed by atoms with Crippen molar-refractivity contribution in [2.45, 2.75) is 0 Å². The lowest BCUT2D eigenvalue weighted by molar-refractivity contribution is 1.16. The summed E-state index contributed by atoms with van der Waals surface area (Å²) in [5, 5.41) is 25.2. The Bertz CT molecular complexity index is 2760. The van der Waals surface area contributed by atoms with Crippen LogP contribution in [0.15, 0.2) is 158 Å². The van der Waals surface area contributed by atoms with E-state index < -0.39 is 0 Å². The molecule has 0 fully saturated rings. The van der Waals surface area contributed by atoms with Crippen LogP contribution >= 0.6 is 0 Å². The molecule has 7 aromatic carbocycles. The Balaban J connectivity index is 1.31. The van der Waals surface area contributed by atoms with Gasteiger partial charge in [0.1, 0.15) is 12.1 Å². The second-order valence-corrected chi connectivity index (χ2v) is 11.9. The maximum absolute atomic E-state index is 10.5. The minimum atomic E-state index is 0.539. The predicted molar refractivity (Wildman–Crippen MR) is 195 cm³/mol. The highest BCUT2D eigenvalue weighted by atomic mass is 15.0. The third-order valence-electron chi connectivity index (χ3n) is 9.41. The maximum Gasteiger partial charge on any atom is 0.101 e. The summed E-state index contributed by atoms with van der Waals surface area (Å²) in [5.41, 5.74) is 11.1. The van der Waals surface area contributed by atoms with Gasteiger partial charge in [0.05, 0.1) is 38.9 Å². The van der Waals surface area contributed by atoms with Crippen molar-refractivity contribution < 1.29 is 0 Å². The highest BCUT2D eigenvalue weighted by molar-refractivity contribution is 6.12. The van der Waals surface area contributed by atoms with E-state index in [2.05, 4.69) is 137 Å². The molecular formula is C44H26N4. The number of hydrogen-bond donors (Lipinski definition) is 0. The molecule has 0 saturated carbocycles. The molecule has 4 heteroatoms. The van der Waals surface area contributed by atoms with Crippen LogP contribution < -0.4 is 0 Å². The van der Waals surface area contributed by atoms with E-state index in [0.717, 1.165) is 66.5 Å². The molecule has 0 N–H and O–H groups in total. The van der Waals surface area contributed by atoms with E-state index in [1.165, 1.54) is 10.8 Å². The summed E-state index contributed by atoms with van der Waals surface area (Å²) in [4.78, 5) is 0. The fourth-order valence-corrected chi connectivity index (χ4v) is 7.42. The van der Waals surface area contributed by atoms with Gasteiger partial charge in [-0.2, -0.15) is 10.5 Å². The van der Waals surface area contributed by atoms with Gasteiger partial charge >= 0.3 is 0 Å². The van der Waals surface area contributed by atoms with E-state index in [-0.39, 0.29) is 0 Å². The normalized spacial score (nSPS) is 11.3. The molecule has 4 nitrogen and oxygen atoms in total. The average Bonchev–Trinajstić information content (AvgIpc) is 3.68. The molecule has 2 heterocycles. The topological polar surface area (TPSA) is 57.4 Å². The van der Waals surface area contributed by atoms with Gasteiger partial charge in [0.15, 0.2) is 0 Å². The lowest BCUT2D eigenvalue weighted by atomic mass is 9.92. The van der Waals surface area contributed by atoms with Gasteiger partial charge in [0.2, 0.25) is 0 Å². The monoisotopic (exact) mass is 610 g/mol. The van der Waals surface area contributed by atoms with Crippen molar-refractivity contribution in [1.29, 1.82) is 10.5 Å². The Hall–Kier alpha value is -6.88. The van der Waals surface area contributed by atoms with E-state index in [4.69, 9.17) is 0 Å². The van der Waals surface area contributed by atoms with Crippen molar-refractivity contribution in [1.82, 2.24) is 9.13 Å². The Labute approximate surface area is 277 Å². The quantitative estimate of drug-likeness (QED) is 0.199. The summed E-state index contributed by atoms with van der Waals surface area (Å²) in [7, 11) is 0. The summed E-state index contributed by atoms with van der Waals surface area (Å²) in [6, 6.07) is 58.9. The molecule has 0 aliphatic rings. The highest BCUT2D eigenvalue weighted by Crippen LogP contribution is 2.42. The van der Waals surface area contributed by atoms with E-state index in [1.54, 1.807) is 0 Å². The van der Waals surface area contributed by atoms with Crippen LogP contribution in [0.4, 0.5) is 0 Å². The van der Waals surface area contributed by atoms with Gasteiger partial charge in [-0.15, -0.1) is 0 Å². The predicted octanol–water partition coefficient (Wildman–Crippen LogP) is 11.0. The second kappa shape index (κ2) is 10.9. The lowest BCUT2D eigenvalue weighted by Gasteiger charge is -2.19. The molecule has 0 atom stereocenters. The minimum Gasteiger partial charge on any atom is -0.309 e. The van der Waals surface area contributed by atoms with Gasteiger partial charge in [0.25, 0.3) is 0 Å². The van der Waals surface area contributed by atoms with Crippen molar-refractivity contribution in [2.75, 3.05) is 0 Å². The van der Waals surface area contributed by atoms with Crippen molar-refractivity contribution in [3.63, 3.8) is 0 Å². The number of fused-ring (bicyclic) bond motifs is 6. The Morgan fingerprint density at radius 1 is 0.396 bits per heavy atom. The van der Waals surface area contributed by atoms with Crippen LogP contribution in [-0.2, 0) is 0 Å². The van der Waals surface area contributed by atoms with E-state index in [9.17, 15) is 10.5 Å². The smallest absolute Gasteiger partial charge is 0.101 e. The molecule has 0 aliphatic heterocycles. The zero-order valence-corrected chi connectivity index (χ0v) is 25.8. The number of hydrogen-bond acceptors (Lipinski definition) is 2. The molecule has 9 rings (SSSR count). The molecule has 0 amide bonds. The van der Waals surface area contributed by atoms with Crippen molar-refractivity contribution in [3.8, 4) is 45.8 Å². The number of rotatable bonds is 4.